The Balaban J connectivity index is 1.50. The van der Waals surface area contributed by atoms with E-state index in [4.69, 9.17) is 4.52 Å². The Labute approximate surface area is 136 Å². The number of aromatic nitrogens is 3. The van der Waals surface area contributed by atoms with Crippen LogP contribution < -0.4 is 5.32 Å². The molecule has 2 aromatic heterocycles. The summed E-state index contributed by atoms with van der Waals surface area (Å²) in [7, 11) is 0. The van der Waals surface area contributed by atoms with Crippen LogP contribution in [0, 0.1) is 0 Å². The monoisotopic (exact) mass is 312 g/mol. The molecule has 3 aromatic rings. The van der Waals surface area contributed by atoms with Gasteiger partial charge in [-0.25, -0.2) is 0 Å². The van der Waals surface area contributed by atoms with Gasteiger partial charge in [-0.1, -0.05) is 37.2 Å². The minimum atomic E-state index is 0.274. The molecular formula is C18H24N4O. The van der Waals surface area contributed by atoms with E-state index in [1.165, 1.54) is 16.5 Å². The van der Waals surface area contributed by atoms with E-state index in [9.17, 15) is 0 Å². The highest BCUT2D eigenvalue weighted by Gasteiger charge is 2.11. The number of benzene rings is 1. The molecule has 5 heteroatoms. The zero-order valence-corrected chi connectivity index (χ0v) is 14.0. The van der Waals surface area contributed by atoms with Gasteiger partial charge in [-0.05, 0) is 31.4 Å². The lowest BCUT2D eigenvalue weighted by Crippen LogP contribution is -2.26. The first-order valence-corrected chi connectivity index (χ1v) is 8.24. The number of aryl methyl sites for hydroxylation is 1. The highest BCUT2D eigenvalue weighted by Crippen LogP contribution is 2.19. The minimum Gasteiger partial charge on any atom is -0.361 e. The van der Waals surface area contributed by atoms with Crippen LogP contribution >= 0.6 is 0 Å². The van der Waals surface area contributed by atoms with E-state index in [2.05, 4.69) is 71.7 Å². The molecule has 1 unspecified atom stereocenters. The molecule has 0 bridgehead atoms. The normalized spacial score (nSPS) is 13.0. The number of nitrogens with one attached hydrogen (secondary N) is 2. The maximum Gasteiger partial charge on any atom is 0.229 e. The summed E-state index contributed by atoms with van der Waals surface area (Å²) >= 11 is 0. The van der Waals surface area contributed by atoms with Crippen molar-refractivity contribution in [3.63, 3.8) is 0 Å². The highest BCUT2D eigenvalue weighted by molar-refractivity contribution is 5.82. The van der Waals surface area contributed by atoms with E-state index in [0.717, 1.165) is 18.7 Å². The number of aromatic amines is 1. The lowest BCUT2D eigenvalue weighted by Gasteiger charge is -2.11. The predicted octanol–water partition coefficient (Wildman–Crippen LogP) is 3.79. The number of hydrogen-bond acceptors (Lipinski definition) is 4. The third-order valence-electron chi connectivity index (χ3n) is 4.11. The molecule has 0 saturated carbocycles. The molecule has 0 aliphatic heterocycles. The number of H-pyrrole nitrogens is 1. The molecule has 0 spiro atoms. The molecule has 1 atom stereocenters. The first-order valence-electron chi connectivity index (χ1n) is 8.24. The second-order valence-electron chi connectivity index (χ2n) is 6.38. The third-order valence-corrected chi connectivity index (χ3v) is 4.11. The van der Waals surface area contributed by atoms with Gasteiger partial charge in [0.2, 0.25) is 5.89 Å². The summed E-state index contributed by atoms with van der Waals surface area (Å²) < 4.78 is 5.22. The molecule has 0 aliphatic carbocycles. The smallest absolute Gasteiger partial charge is 0.229 e. The SMILES string of the molecule is CC(CCc1c[nH]c2ccccc12)NCc1noc(C(C)C)n1. The van der Waals surface area contributed by atoms with Gasteiger partial charge in [-0.15, -0.1) is 0 Å². The van der Waals surface area contributed by atoms with Gasteiger partial charge in [0.15, 0.2) is 5.82 Å². The van der Waals surface area contributed by atoms with Gasteiger partial charge >= 0.3 is 0 Å². The molecule has 1 aromatic carbocycles. The average Bonchev–Trinajstić information content (AvgIpc) is 3.18. The van der Waals surface area contributed by atoms with Crippen molar-refractivity contribution in [3.05, 3.63) is 47.7 Å². The summed E-state index contributed by atoms with van der Waals surface area (Å²) in [5.74, 6) is 1.71. The largest absolute Gasteiger partial charge is 0.361 e. The Morgan fingerprint density at radius 1 is 1.22 bits per heavy atom. The predicted molar refractivity (Wildman–Crippen MR) is 91.3 cm³/mol. The molecule has 0 aliphatic rings. The van der Waals surface area contributed by atoms with Crippen LogP contribution in [0.2, 0.25) is 0 Å². The van der Waals surface area contributed by atoms with Crippen LogP contribution in [0.25, 0.3) is 10.9 Å². The summed E-state index contributed by atoms with van der Waals surface area (Å²) in [5.41, 5.74) is 2.58. The molecule has 2 N–H and O–H groups in total. The van der Waals surface area contributed by atoms with E-state index >= 15 is 0 Å². The number of para-hydroxylation sites is 1. The van der Waals surface area contributed by atoms with E-state index < -0.39 is 0 Å². The van der Waals surface area contributed by atoms with Crippen LogP contribution in [0.1, 0.15) is 50.4 Å². The first-order chi connectivity index (χ1) is 11.1. The molecule has 5 nitrogen and oxygen atoms in total. The van der Waals surface area contributed by atoms with Crippen molar-refractivity contribution in [2.24, 2.45) is 0 Å². The molecule has 0 radical (unpaired) electrons. The standard InChI is InChI=1S/C18H24N4O/c1-12(2)18-21-17(22-23-18)11-19-13(3)8-9-14-10-20-16-7-5-4-6-15(14)16/h4-7,10,12-13,19-20H,8-9,11H2,1-3H3. The topological polar surface area (TPSA) is 66.7 Å². The molecule has 3 rings (SSSR count). The van der Waals surface area contributed by atoms with Crippen LogP contribution in [0.4, 0.5) is 0 Å². The molecule has 122 valence electrons. The van der Waals surface area contributed by atoms with Gasteiger partial charge in [0.1, 0.15) is 0 Å². The second-order valence-corrected chi connectivity index (χ2v) is 6.38. The van der Waals surface area contributed by atoms with E-state index in [1.807, 2.05) is 0 Å². The van der Waals surface area contributed by atoms with Crippen molar-refractivity contribution in [2.75, 3.05) is 0 Å². The summed E-state index contributed by atoms with van der Waals surface area (Å²) in [6, 6.07) is 8.83. The maximum absolute atomic E-state index is 5.22. The second kappa shape index (κ2) is 6.96. The van der Waals surface area contributed by atoms with Crippen molar-refractivity contribution in [1.82, 2.24) is 20.4 Å². The van der Waals surface area contributed by atoms with Crippen molar-refractivity contribution >= 4 is 10.9 Å². The maximum atomic E-state index is 5.22. The minimum absolute atomic E-state index is 0.274. The van der Waals surface area contributed by atoms with Crippen molar-refractivity contribution in [1.29, 1.82) is 0 Å². The Hall–Kier alpha value is -2.14. The first kappa shape index (κ1) is 15.7. The van der Waals surface area contributed by atoms with Crippen LogP contribution in [0.5, 0.6) is 0 Å². The Bertz CT molecular complexity index is 759. The zero-order valence-electron chi connectivity index (χ0n) is 14.0. The molecule has 23 heavy (non-hydrogen) atoms. The van der Waals surface area contributed by atoms with Crippen LogP contribution in [-0.4, -0.2) is 21.2 Å². The molecule has 0 amide bonds. The van der Waals surface area contributed by atoms with Gasteiger partial charge in [-0.3, -0.25) is 0 Å². The molecule has 0 saturated heterocycles. The van der Waals surface area contributed by atoms with Crippen LogP contribution in [-0.2, 0) is 13.0 Å². The van der Waals surface area contributed by atoms with Crippen LogP contribution in [0.3, 0.4) is 0 Å². The molecule has 2 heterocycles. The zero-order chi connectivity index (χ0) is 16.2. The number of hydrogen-bond donors (Lipinski definition) is 2. The van der Waals surface area contributed by atoms with Gasteiger partial charge < -0.3 is 14.8 Å². The summed E-state index contributed by atoms with van der Waals surface area (Å²) in [6.07, 6.45) is 4.23. The fourth-order valence-corrected chi connectivity index (χ4v) is 2.65. The van der Waals surface area contributed by atoms with Crippen molar-refractivity contribution in [2.45, 2.75) is 52.1 Å². The third kappa shape index (κ3) is 3.79. The highest BCUT2D eigenvalue weighted by atomic mass is 16.5. The van der Waals surface area contributed by atoms with Gasteiger partial charge in [0.25, 0.3) is 0 Å². The lowest BCUT2D eigenvalue weighted by atomic mass is 10.1. The number of nitrogens with zero attached hydrogens (tertiary/aromatic N) is 2. The Morgan fingerprint density at radius 3 is 2.83 bits per heavy atom. The Morgan fingerprint density at radius 2 is 2.04 bits per heavy atom. The van der Waals surface area contributed by atoms with Gasteiger partial charge in [0, 0.05) is 29.1 Å². The molecular weight excluding hydrogens is 288 g/mol. The van der Waals surface area contributed by atoms with E-state index in [0.29, 0.717) is 18.5 Å². The lowest BCUT2D eigenvalue weighted by molar-refractivity contribution is 0.358. The van der Waals surface area contributed by atoms with Gasteiger partial charge in [-0.2, -0.15) is 4.98 Å². The number of fused-ring (bicyclic) bond motifs is 1. The van der Waals surface area contributed by atoms with E-state index in [-0.39, 0.29) is 5.92 Å². The van der Waals surface area contributed by atoms with Crippen LogP contribution in [0.15, 0.2) is 35.0 Å². The van der Waals surface area contributed by atoms with Crippen molar-refractivity contribution < 1.29 is 4.52 Å². The number of rotatable bonds is 7. The molecule has 0 fully saturated rings. The van der Waals surface area contributed by atoms with Gasteiger partial charge in [0.05, 0.1) is 6.54 Å². The summed E-state index contributed by atoms with van der Waals surface area (Å²) in [6.45, 7) is 6.94. The average molecular weight is 312 g/mol. The summed E-state index contributed by atoms with van der Waals surface area (Å²) in [5, 5.41) is 8.79. The van der Waals surface area contributed by atoms with E-state index in [1.54, 1.807) is 0 Å². The fraction of sp³-hybridized carbons (Fsp3) is 0.444. The fourth-order valence-electron chi connectivity index (χ4n) is 2.65. The summed E-state index contributed by atoms with van der Waals surface area (Å²) in [4.78, 5) is 7.72. The Kier molecular flexibility index (Phi) is 4.76. The van der Waals surface area contributed by atoms with Crippen molar-refractivity contribution in [3.8, 4) is 0 Å². The quantitative estimate of drug-likeness (QED) is 0.696.